The van der Waals surface area contributed by atoms with Crippen LogP contribution in [-0.2, 0) is 6.30 Å². The molecule has 0 aliphatic heterocycles. The Morgan fingerprint density at radius 1 is 1.21 bits per heavy atom. The molecule has 14 heavy (non-hydrogen) atoms. The van der Waals surface area contributed by atoms with E-state index in [4.69, 9.17) is 5.73 Å². The van der Waals surface area contributed by atoms with Gasteiger partial charge in [0.25, 0.3) is 0 Å². The van der Waals surface area contributed by atoms with Gasteiger partial charge < -0.3 is 5.73 Å². The molecule has 0 aliphatic carbocycles. The number of rotatable bonds is 0. The summed E-state index contributed by atoms with van der Waals surface area (Å²) in [5, 5.41) is 0. The molecule has 2 aromatic rings. The van der Waals surface area contributed by atoms with Crippen molar-refractivity contribution < 1.29 is 13.2 Å². The summed E-state index contributed by atoms with van der Waals surface area (Å²) < 4.78 is 37.0. The van der Waals surface area contributed by atoms with Gasteiger partial charge in [-0.1, -0.05) is 0 Å². The number of fused-ring (bicyclic) bond motifs is 1. The monoisotopic (exact) mass is 203 g/mol. The van der Waals surface area contributed by atoms with Crippen LogP contribution in [-0.4, -0.2) is 19.5 Å². The van der Waals surface area contributed by atoms with Crippen LogP contribution in [0, 0.1) is 0 Å². The smallest absolute Gasteiger partial charge is 0.382 e. The molecule has 2 aromatic heterocycles. The highest BCUT2D eigenvalue weighted by atomic mass is 19.4. The Bertz CT molecular complexity index is 474. The molecule has 5 nitrogen and oxygen atoms in total. The number of nitrogen functional groups attached to an aromatic ring is 1. The van der Waals surface area contributed by atoms with Crippen LogP contribution in [0.1, 0.15) is 0 Å². The quantitative estimate of drug-likeness (QED) is 0.690. The Morgan fingerprint density at radius 2 is 1.93 bits per heavy atom. The first-order chi connectivity index (χ1) is 6.50. The molecule has 0 saturated carbocycles. The molecule has 0 fully saturated rings. The second-order valence-corrected chi connectivity index (χ2v) is 2.51. The third kappa shape index (κ3) is 1.15. The summed E-state index contributed by atoms with van der Waals surface area (Å²) >= 11 is 0. The molecule has 74 valence electrons. The predicted molar refractivity (Wildman–Crippen MR) is 41.0 cm³/mol. The van der Waals surface area contributed by atoms with Gasteiger partial charge in [-0.3, -0.25) is 0 Å². The van der Waals surface area contributed by atoms with E-state index < -0.39 is 6.30 Å². The van der Waals surface area contributed by atoms with Crippen LogP contribution >= 0.6 is 0 Å². The molecular weight excluding hydrogens is 199 g/mol. The maximum absolute atomic E-state index is 12.3. The van der Waals surface area contributed by atoms with Gasteiger partial charge in [0, 0.05) is 0 Å². The predicted octanol–water partition coefficient (Wildman–Crippen LogP) is 0.885. The minimum Gasteiger partial charge on any atom is -0.382 e. The minimum atomic E-state index is -4.56. The van der Waals surface area contributed by atoms with Crippen molar-refractivity contribution in [2.24, 2.45) is 0 Å². The Hall–Kier alpha value is -1.86. The van der Waals surface area contributed by atoms with E-state index >= 15 is 0 Å². The Morgan fingerprint density at radius 3 is 2.57 bits per heavy atom. The number of nitrogens with two attached hydrogens (primary N) is 1. The van der Waals surface area contributed by atoms with Crippen molar-refractivity contribution in [2.75, 3.05) is 5.73 Å². The van der Waals surface area contributed by atoms with Crippen LogP contribution in [0.3, 0.4) is 0 Å². The van der Waals surface area contributed by atoms with Gasteiger partial charge in [-0.15, -0.1) is 13.2 Å². The van der Waals surface area contributed by atoms with Gasteiger partial charge in [0.1, 0.15) is 18.2 Å². The lowest BCUT2D eigenvalue weighted by molar-refractivity contribution is -0.201. The fraction of sp³-hybridized carbons (Fsp3) is 0.167. The summed E-state index contributed by atoms with van der Waals surface area (Å²) in [5.41, 5.74) is 4.89. The fourth-order valence-corrected chi connectivity index (χ4v) is 1.07. The molecule has 2 heterocycles. The fourth-order valence-electron chi connectivity index (χ4n) is 1.07. The number of alkyl halides is 3. The average Bonchev–Trinajstić information content (AvgIpc) is 2.47. The van der Waals surface area contributed by atoms with E-state index in [9.17, 15) is 13.2 Å². The lowest BCUT2D eigenvalue weighted by atomic mass is 10.5. The van der Waals surface area contributed by atoms with Gasteiger partial charge in [0.2, 0.25) is 0 Å². The third-order valence-electron chi connectivity index (χ3n) is 1.64. The van der Waals surface area contributed by atoms with Gasteiger partial charge in [-0.05, 0) is 0 Å². The van der Waals surface area contributed by atoms with Crippen molar-refractivity contribution in [1.29, 1.82) is 0 Å². The van der Waals surface area contributed by atoms with Crippen LogP contribution in [0.2, 0.25) is 0 Å². The highest BCUT2D eigenvalue weighted by Gasteiger charge is 2.33. The first-order valence-electron chi connectivity index (χ1n) is 3.51. The largest absolute Gasteiger partial charge is 0.490 e. The van der Waals surface area contributed by atoms with E-state index in [2.05, 4.69) is 15.0 Å². The topological polar surface area (TPSA) is 69.6 Å². The zero-order valence-corrected chi connectivity index (χ0v) is 6.65. The second-order valence-electron chi connectivity index (χ2n) is 2.51. The number of imidazole rings is 1. The molecule has 0 saturated heterocycles. The molecule has 0 aromatic carbocycles. The van der Waals surface area contributed by atoms with E-state index in [1.54, 1.807) is 0 Å². The van der Waals surface area contributed by atoms with Gasteiger partial charge in [0.15, 0.2) is 11.5 Å². The van der Waals surface area contributed by atoms with Crippen molar-refractivity contribution in [2.45, 2.75) is 6.30 Å². The summed E-state index contributed by atoms with van der Waals surface area (Å²) in [6.07, 6.45) is -2.88. The van der Waals surface area contributed by atoms with Crippen molar-refractivity contribution in [3.63, 3.8) is 0 Å². The van der Waals surface area contributed by atoms with Gasteiger partial charge in [-0.2, -0.15) is 0 Å². The number of halogens is 3. The van der Waals surface area contributed by atoms with Gasteiger partial charge >= 0.3 is 6.30 Å². The molecule has 0 bridgehead atoms. The normalized spacial score (nSPS) is 12.2. The third-order valence-corrected chi connectivity index (χ3v) is 1.64. The average molecular weight is 203 g/mol. The molecule has 0 aliphatic rings. The van der Waals surface area contributed by atoms with Crippen molar-refractivity contribution in [1.82, 2.24) is 19.5 Å². The first kappa shape index (κ1) is 8.73. The molecule has 0 spiro atoms. The molecule has 2 rings (SSSR count). The summed E-state index contributed by atoms with van der Waals surface area (Å²) in [6.45, 7) is 0. The summed E-state index contributed by atoms with van der Waals surface area (Å²) in [4.78, 5) is 10.5. The maximum atomic E-state index is 12.3. The van der Waals surface area contributed by atoms with E-state index in [1.807, 2.05) is 0 Å². The first-order valence-corrected chi connectivity index (χ1v) is 3.51. The van der Waals surface area contributed by atoms with E-state index in [-0.39, 0.29) is 21.5 Å². The zero-order chi connectivity index (χ0) is 10.3. The van der Waals surface area contributed by atoms with Gasteiger partial charge in [0.05, 0.1) is 0 Å². The molecule has 0 atom stereocenters. The number of aromatic nitrogens is 4. The van der Waals surface area contributed by atoms with E-state index in [1.165, 1.54) is 0 Å². The lowest BCUT2D eigenvalue weighted by Gasteiger charge is -2.07. The highest BCUT2D eigenvalue weighted by Crippen LogP contribution is 2.28. The zero-order valence-electron chi connectivity index (χ0n) is 6.65. The van der Waals surface area contributed by atoms with E-state index in [0.29, 0.717) is 6.33 Å². The highest BCUT2D eigenvalue weighted by molar-refractivity contribution is 5.81. The van der Waals surface area contributed by atoms with Crippen LogP contribution < -0.4 is 5.73 Å². The molecular formula is C6H4F3N5. The van der Waals surface area contributed by atoms with Crippen LogP contribution in [0.5, 0.6) is 0 Å². The Kier molecular flexibility index (Phi) is 1.60. The lowest BCUT2D eigenvalue weighted by Crippen LogP contribution is -2.16. The van der Waals surface area contributed by atoms with Crippen molar-refractivity contribution >= 4 is 17.0 Å². The van der Waals surface area contributed by atoms with E-state index in [0.717, 1.165) is 6.33 Å². The van der Waals surface area contributed by atoms with Crippen molar-refractivity contribution in [3.8, 4) is 0 Å². The van der Waals surface area contributed by atoms with Gasteiger partial charge in [-0.25, -0.2) is 19.5 Å². The number of nitrogens with zero attached hydrogens (tertiary/aromatic N) is 4. The number of hydrogen-bond acceptors (Lipinski definition) is 4. The Labute approximate surface area is 75.4 Å². The minimum absolute atomic E-state index is 0.0162. The summed E-state index contributed by atoms with van der Waals surface area (Å²) in [6, 6.07) is 0. The molecule has 0 radical (unpaired) electrons. The summed E-state index contributed by atoms with van der Waals surface area (Å²) in [5.74, 6) is -0.246. The molecule has 0 amide bonds. The number of hydrogen-bond donors (Lipinski definition) is 1. The standard InChI is InChI=1S/C6H4F3N5/c7-6(8,9)14-2-13-5-3(14)4(10)11-1-12-5/h1-2H,(H2,10,11,12). The summed E-state index contributed by atoms with van der Waals surface area (Å²) in [7, 11) is 0. The van der Waals surface area contributed by atoms with Crippen LogP contribution in [0.4, 0.5) is 19.0 Å². The number of anilines is 1. The van der Waals surface area contributed by atoms with Crippen molar-refractivity contribution in [3.05, 3.63) is 12.7 Å². The van der Waals surface area contributed by atoms with Crippen LogP contribution in [0.15, 0.2) is 12.7 Å². The SMILES string of the molecule is Nc1ncnc2ncn(C(F)(F)F)c12. The van der Waals surface area contributed by atoms with Crippen LogP contribution in [0.25, 0.3) is 11.2 Å². The maximum Gasteiger partial charge on any atom is 0.490 e. The second kappa shape index (κ2) is 2.56. The molecule has 2 N–H and O–H groups in total. The molecule has 0 unspecified atom stereocenters. The Balaban J connectivity index is 2.80. The molecule has 8 heteroatoms.